The summed E-state index contributed by atoms with van der Waals surface area (Å²) in [5.74, 6) is -0.0416. The van der Waals surface area contributed by atoms with Crippen molar-refractivity contribution < 1.29 is 9.53 Å². The minimum absolute atomic E-state index is 0. The molecule has 0 aromatic rings. The Balaban J connectivity index is 0.00000144. The quantitative estimate of drug-likeness (QED) is 0.790. The van der Waals surface area contributed by atoms with Crippen molar-refractivity contribution >= 4 is 18.3 Å². The van der Waals surface area contributed by atoms with Crippen LogP contribution in [-0.4, -0.2) is 30.2 Å². The number of carbonyl (C=O) groups is 1. The molecule has 1 saturated carbocycles. The third kappa shape index (κ3) is 3.57. The molecule has 0 bridgehead atoms. The molecule has 2 atom stereocenters. The molecule has 1 amide bonds. The SMILES string of the molecule is CC(N)C(=O)NC1CCOC2(CCCC2)C1.Cl. The topological polar surface area (TPSA) is 64.4 Å². The number of hydrogen-bond acceptors (Lipinski definition) is 3. The van der Waals surface area contributed by atoms with Crippen molar-refractivity contribution in [1.82, 2.24) is 5.32 Å². The average Bonchev–Trinajstić information content (AvgIpc) is 2.66. The first kappa shape index (κ1) is 14.7. The lowest BCUT2D eigenvalue weighted by molar-refractivity contribution is -0.126. The highest BCUT2D eigenvalue weighted by molar-refractivity contribution is 5.85. The second kappa shape index (κ2) is 6.03. The molecular formula is C12H23ClN2O2. The zero-order chi connectivity index (χ0) is 11.6. The van der Waals surface area contributed by atoms with Crippen LogP contribution < -0.4 is 11.1 Å². The van der Waals surface area contributed by atoms with Gasteiger partial charge >= 0.3 is 0 Å². The summed E-state index contributed by atoms with van der Waals surface area (Å²) in [6, 6.07) is -0.160. The molecule has 17 heavy (non-hydrogen) atoms. The van der Waals surface area contributed by atoms with E-state index < -0.39 is 6.04 Å². The lowest BCUT2D eigenvalue weighted by Gasteiger charge is -2.38. The van der Waals surface area contributed by atoms with Crippen LogP contribution in [0, 0.1) is 0 Å². The van der Waals surface area contributed by atoms with Gasteiger partial charge in [-0.2, -0.15) is 0 Å². The molecule has 100 valence electrons. The maximum Gasteiger partial charge on any atom is 0.236 e. The zero-order valence-electron chi connectivity index (χ0n) is 10.4. The highest BCUT2D eigenvalue weighted by atomic mass is 35.5. The highest BCUT2D eigenvalue weighted by Gasteiger charge is 2.40. The molecule has 5 heteroatoms. The third-order valence-corrected chi connectivity index (χ3v) is 3.77. The molecule has 0 aromatic heterocycles. The highest BCUT2D eigenvalue weighted by Crippen LogP contribution is 2.39. The van der Waals surface area contributed by atoms with E-state index in [1.807, 2.05) is 0 Å². The number of ether oxygens (including phenoxy) is 1. The molecule has 1 saturated heterocycles. The molecule has 2 unspecified atom stereocenters. The third-order valence-electron chi connectivity index (χ3n) is 3.77. The predicted molar refractivity (Wildman–Crippen MR) is 69.2 cm³/mol. The van der Waals surface area contributed by atoms with Gasteiger partial charge in [-0.3, -0.25) is 4.79 Å². The molecular weight excluding hydrogens is 240 g/mol. The van der Waals surface area contributed by atoms with Gasteiger partial charge in [0.15, 0.2) is 0 Å². The fourth-order valence-corrected chi connectivity index (χ4v) is 2.85. The molecule has 2 aliphatic rings. The number of rotatable bonds is 2. The van der Waals surface area contributed by atoms with E-state index in [9.17, 15) is 4.79 Å². The van der Waals surface area contributed by atoms with Gasteiger partial charge in [0.2, 0.25) is 5.91 Å². The van der Waals surface area contributed by atoms with Crippen molar-refractivity contribution in [2.45, 2.75) is 63.1 Å². The van der Waals surface area contributed by atoms with Crippen LogP contribution in [0.25, 0.3) is 0 Å². The maximum atomic E-state index is 11.5. The smallest absolute Gasteiger partial charge is 0.236 e. The Morgan fingerprint density at radius 1 is 1.47 bits per heavy atom. The first-order valence-corrected chi connectivity index (χ1v) is 6.31. The summed E-state index contributed by atoms with van der Waals surface area (Å²) >= 11 is 0. The molecule has 2 rings (SSSR count). The molecule has 1 aliphatic carbocycles. The molecule has 4 nitrogen and oxygen atoms in total. The van der Waals surface area contributed by atoms with Crippen LogP contribution >= 0.6 is 12.4 Å². The fourth-order valence-electron chi connectivity index (χ4n) is 2.85. The largest absolute Gasteiger partial charge is 0.375 e. The molecule has 1 spiro atoms. The maximum absolute atomic E-state index is 11.5. The van der Waals surface area contributed by atoms with E-state index in [0.29, 0.717) is 0 Å². The Bertz CT molecular complexity index is 265. The monoisotopic (exact) mass is 262 g/mol. The average molecular weight is 263 g/mol. The first-order chi connectivity index (χ1) is 7.61. The summed E-state index contributed by atoms with van der Waals surface area (Å²) in [4.78, 5) is 11.5. The lowest BCUT2D eigenvalue weighted by Crippen LogP contribution is -2.50. The van der Waals surface area contributed by atoms with Crippen LogP contribution in [0.15, 0.2) is 0 Å². The normalized spacial score (nSPS) is 28.5. The van der Waals surface area contributed by atoms with Crippen molar-refractivity contribution in [3.05, 3.63) is 0 Å². The van der Waals surface area contributed by atoms with E-state index in [0.717, 1.165) is 32.3 Å². The van der Waals surface area contributed by atoms with Gasteiger partial charge in [0.05, 0.1) is 11.6 Å². The molecule has 1 aliphatic heterocycles. The van der Waals surface area contributed by atoms with Crippen molar-refractivity contribution in [2.75, 3.05) is 6.61 Å². The van der Waals surface area contributed by atoms with Crippen LogP contribution in [0.4, 0.5) is 0 Å². The van der Waals surface area contributed by atoms with Crippen molar-refractivity contribution in [1.29, 1.82) is 0 Å². The van der Waals surface area contributed by atoms with Crippen molar-refractivity contribution in [3.63, 3.8) is 0 Å². The number of nitrogens with one attached hydrogen (secondary N) is 1. The van der Waals surface area contributed by atoms with E-state index in [-0.39, 0.29) is 30.0 Å². The van der Waals surface area contributed by atoms with E-state index in [1.165, 1.54) is 12.8 Å². The predicted octanol–water partition coefficient (Wildman–Crippen LogP) is 1.36. The molecule has 0 radical (unpaired) electrons. The first-order valence-electron chi connectivity index (χ1n) is 6.31. The van der Waals surface area contributed by atoms with E-state index in [1.54, 1.807) is 6.92 Å². The Kier molecular flexibility index (Phi) is 5.22. The van der Waals surface area contributed by atoms with Crippen LogP contribution in [0.1, 0.15) is 45.4 Å². The fraction of sp³-hybridized carbons (Fsp3) is 0.917. The minimum atomic E-state index is -0.414. The number of carbonyl (C=O) groups excluding carboxylic acids is 1. The summed E-state index contributed by atoms with van der Waals surface area (Å²) in [5.41, 5.74) is 5.62. The van der Waals surface area contributed by atoms with Gasteiger partial charge in [-0.05, 0) is 32.6 Å². The summed E-state index contributed by atoms with van der Waals surface area (Å²) in [5, 5.41) is 3.03. The van der Waals surface area contributed by atoms with Crippen LogP contribution in [-0.2, 0) is 9.53 Å². The molecule has 2 fully saturated rings. The minimum Gasteiger partial charge on any atom is -0.375 e. The number of halogens is 1. The van der Waals surface area contributed by atoms with Gasteiger partial charge in [-0.15, -0.1) is 12.4 Å². The Morgan fingerprint density at radius 2 is 2.12 bits per heavy atom. The number of hydrogen-bond donors (Lipinski definition) is 2. The summed E-state index contributed by atoms with van der Waals surface area (Å²) in [6.07, 6.45) is 6.70. The lowest BCUT2D eigenvalue weighted by atomic mass is 9.89. The number of nitrogens with two attached hydrogens (primary N) is 1. The van der Waals surface area contributed by atoms with Gasteiger partial charge in [-0.1, -0.05) is 12.8 Å². The van der Waals surface area contributed by atoms with Crippen molar-refractivity contribution in [3.8, 4) is 0 Å². The van der Waals surface area contributed by atoms with Gasteiger partial charge in [-0.25, -0.2) is 0 Å². The number of amides is 1. The standard InChI is InChI=1S/C12H22N2O2.ClH/c1-9(13)11(15)14-10-4-7-16-12(8-10)5-2-3-6-12;/h9-10H,2-8,13H2,1H3,(H,14,15);1H. The van der Waals surface area contributed by atoms with Gasteiger partial charge in [0.25, 0.3) is 0 Å². The van der Waals surface area contributed by atoms with E-state index in [2.05, 4.69) is 5.32 Å². The molecule has 0 aromatic carbocycles. The Hall–Kier alpha value is -0.320. The Morgan fingerprint density at radius 3 is 2.71 bits per heavy atom. The van der Waals surface area contributed by atoms with Gasteiger partial charge in [0.1, 0.15) is 0 Å². The van der Waals surface area contributed by atoms with E-state index in [4.69, 9.17) is 10.5 Å². The molecule has 3 N–H and O–H groups in total. The summed E-state index contributed by atoms with van der Waals surface area (Å²) in [7, 11) is 0. The Labute approximate surface area is 109 Å². The van der Waals surface area contributed by atoms with E-state index >= 15 is 0 Å². The second-order valence-corrected chi connectivity index (χ2v) is 5.23. The van der Waals surface area contributed by atoms with Crippen molar-refractivity contribution in [2.24, 2.45) is 5.73 Å². The summed E-state index contributed by atoms with van der Waals surface area (Å²) in [6.45, 7) is 2.49. The summed E-state index contributed by atoms with van der Waals surface area (Å²) < 4.78 is 5.92. The van der Waals surface area contributed by atoms with Crippen LogP contribution in [0.3, 0.4) is 0 Å². The second-order valence-electron chi connectivity index (χ2n) is 5.23. The van der Waals surface area contributed by atoms with Gasteiger partial charge < -0.3 is 15.8 Å². The van der Waals surface area contributed by atoms with Crippen LogP contribution in [0.2, 0.25) is 0 Å². The van der Waals surface area contributed by atoms with Crippen LogP contribution in [0.5, 0.6) is 0 Å². The van der Waals surface area contributed by atoms with Gasteiger partial charge in [0, 0.05) is 12.6 Å². The molecule has 1 heterocycles. The zero-order valence-corrected chi connectivity index (χ0v) is 11.2.